The molecule has 4 nitrogen and oxygen atoms in total. The number of fused-ring (bicyclic) bond motifs is 1. The first-order valence-electron chi connectivity index (χ1n) is 8.61. The van der Waals surface area contributed by atoms with E-state index in [0.717, 1.165) is 36.8 Å². The normalized spacial score (nSPS) is 23.7. The van der Waals surface area contributed by atoms with Gasteiger partial charge in [0.25, 0.3) is 0 Å². The van der Waals surface area contributed by atoms with Crippen molar-refractivity contribution in [1.82, 2.24) is 4.90 Å². The summed E-state index contributed by atoms with van der Waals surface area (Å²) in [5.74, 6) is -1.32. The van der Waals surface area contributed by atoms with Crippen molar-refractivity contribution >= 4 is 11.9 Å². The molecule has 2 aliphatic rings. The van der Waals surface area contributed by atoms with Crippen LogP contribution in [0.5, 0.6) is 0 Å². The predicted octanol–water partition coefficient (Wildman–Crippen LogP) is 3.56. The first-order valence-corrected chi connectivity index (χ1v) is 8.61. The van der Waals surface area contributed by atoms with Gasteiger partial charge in [-0.15, -0.1) is 0 Å². The molecule has 0 spiro atoms. The maximum absolute atomic E-state index is 13.1. The second-order valence-electron chi connectivity index (χ2n) is 7.25. The molecular weight excluding hydrogens is 290 g/mol. The molecule has 124 valence electrons. The number of hydrogen-bond donors (Lipinski definition) is 1. The van der Waals surface area contributed by atoms with E-state index in [2.05, 4.69) is 6.92 Å². The maximum Gasteiger partial charge on any atom is 0.312 e. The largest absolute Gasteiger partial charge is 0.481 e. The van der Waals surface area contributed by atoms with Gasteiger partial charge in [0.15, 0.2) is 0 Å². The third-order valence-corrected chi connectivity index (χ3v) is 5.50. The van der Waals surface area contributed by atoms with Crippen LogP contribution in [0.1, 0.15) is 62.5 Å². The Balaban J connectivity index is 1.86. The standard InChI is InChI=1S/C19H25NO3/c1-19(10-6-2-3-7-11-19)18(23)20-12-14-8-4-5-9-15(14)16(13-20)17(21)22/h4-5,8-9,16H,2-3,6-7,10-13H2,1H3,(H,21,22). The molecule has 1 fully saturated rings. The molecule has 1 unspecified atom stereocenters. The van der Waals surface area contributed by atoms with Gasteiger partial charge in [0.1, 0.15) is 0 Å². The van der Waals surface area contributed by atoms with E-state index in [0.29, 0.717) is 13.1 Å². The molecule has 1 aliphatic heterocycles. The highest BCUT2D eigenvalue weighted by Crippen LogP contribution is 2.38. The Morgan fingerprint density at radius 3 is 2.43 bits per heavy atom. The first kappa shape index (κ1) is 16.0. The van der Waals surface area contributed by atoms with Crippen molar-refractivity contribution < 1.29 is 14.7 Å². The summed E-state index contributed by atoms with van der Waals surface area (Å²) < 4.78 is 0. The number of nitrogens with zero attached hydrogens (tertiary/aromatic N) is 1. The Labute approximate surface area is 137 Å². The van der Waals surface area contributed by atoms with Crippen molar-refractivity contribution in [3.05, 3.63) is 35.4 Å². The fourth-order valence-corrected chi connectivity index (χ4v) is 4.08. The minimum absolute atomic E-state index is 0.139. The van der Waals surface area contributed by atoms with Crippen molar-refractivity contribution in [1.29, 1.82) is 0 Å². The Morgan fingerprint density at radius 2 is 1.78 bits per heavy atom. The van der Waals surface area contributed by atoms with Gasteiger partial charge in [0.05, 0.1) is 5.92 Å². The number of rotatable bonds is 2. The van der Waals surface area contributed by atoms with E-state index in [-0.39, 0.29) is 11.3 Å². The highest BCUT2D eigenvalue weighted by Gasteiger charge is 2.40. The summed E-state index contributed by atoms with van der Waals surface area (Å²) in [6.45, 7) is 2.89. The summed E-state index contributed by atoms with van der Waals surface area (Å²) in [6.07, 6.45) is 6.42. The molecule has 0 radical (unpaired) electrons. The summed E-state index contributed by atoms with van der Waals surface area (Å²) in [4.78, 5) is 26.6. The van der Waals surface area contributed by atoms with E-state index in [1.54, 1.807) is 4.90 Å². The zero-order chi connectivity index (χ0) is 16.4. The van der Waals surface area contributed by atoms with Crippen LogP contribution in [0.15, 0.2) is 24.3 Å². The molecule has 1 aliphatic carbocycles. The summed E-state index contributed by atoms with van der Waals surface area (Å²) in [6, 6.07) is 7.61. The zero-order valence-electron chi connectivity index (χ0n) is 13.8. The van der Waals surface area contributed by atoms with Gasteiger partial charge in [0.2, 0.25) is 5.91 Å². The minimum atomic E-state index is -0.846. The second kappa shape index (κ2) is 6.34. The monoisotopic (exact) mass is 315 g/mol. The zero-order valence-corrected chi connectivity index (χ0v) is 13.8. The molecule has 23 heavy (non-hydrogen) atoms. The third-order valence-electron chi connectivity index (χ3n) is 5.50. The van der Waals surface area contributed by atoms with E-state index >= 15 is 0 Å². The average molecular weight is 315 g/mol. The lowest BCUT2D eigenvalue weighted by Gasteiger charge is -2.38. The first-order chi connectivity index (χ1) is 11.0. The summed E-state index contributed by atoms with van der Waals surface area (Å²) >= 11 is 0. The molecule has 0 saturated heterocycles. The van der Waals surface area contributed by atoms with E-state index in [9.17, 15) is 14.7 Å². The van der Waals surface area contributed by atoms with Crippen molar-refractivity contribution in [2.24, 2.45) is 5.41 Å². The average Bonchev–Trinajstić information content (AvgIpc) is 2.78. The molecular formula is C19H25NO3. The number of carbonyl (C=O) groups is 2. The van der Waals surface area contributed by atoms with Crippen molar-refractivity contribution in [2.45, 2.75) is 57.9 Å². The van der Waals surface area contributed by atoms with Gasteiger partial charge in [-0.3, -0.25) is 9.59 Å². The number of carbonyl (C=O) groups excluding carboxylic acids is 1. The Kier molecular flexibility index (Phi) is 4.42. The van der Waals surface area contributed by atoms with E-state index in [4.69, 9.17) is 0 Å². The molecule has 1 amide bonds. The van der Waals surface area contributed by atoms with Gasteiger partial charge in [0, 0.05) is 18.5 Å². The van der Waals surface area contributed by atoms with Gasteiger partial charge in [-0.1, -0.05) is 56.9 Å². The topological polar surface area (TPSA) is 57.6 Å². The van der Waals surface area contributed by atoms with Crippen LogP contribution < -0.4 is 0 Å². The quantitative estimate of drug-likeness (QED) is 0.849. The van der Waals surface area contributed by atoms with Crippen molar-refractivity contribution in [2.75, 3.05) is 6.54 Å². The minimum Gasteiger partial charge on any atom is -0.481 e. The lowest BCUT2D eigenvalue weighted by atomic mass is 9.79. The second-order valence-corrected chi connectivity index (χ2v) is 7.25. The van der Waals surface area contributed by atoms with E-state index in [1.807, 2.05) is 24.3 Å². The van der Waals surface area contributed by atoms with Crippen LogP contribution in [0, 0.1) is 5.41 Å². The van der Waals surface area contributed by atoms with Crippen LogP contribution in [0.3, 0.4) is 0 Å². The molecule has 1 atom stereocenters. The molecule has 0 aromatic heterocycles. The molecule has 1 heterocycles. The lowest BCUT2D eigenvalue weighted by molar-refractivity contribution is -0.146. The molecule has 0 bridgehead atoms. The highest BCUT2D eigenvalue weighted by atomic mass is 16.4. The smallest absolute Gasteiger partial charge is 0.312 e. The van der Waals surface area contributed by atoms with Gasteiger partial charge in [-0.25, -0.2) is 0 Å². The van der Waals surface area contributed by atoms with Crippen LogP contribution in [0.4, 0.5) is 0 Å². The van der Waals surface area contributed by atoms with Crippen LogP contribution in [0.25, 0.3) is 0 Å². The van der Waals surface area contributed by atoms with E-state index < -0.39 is 11.9 Å². The summed E-state index contributed by atoms with van der Waals surface area (Å²) in [5, 5.41) is 9.57. The summed E-state index contributed by atoms with van der Waals surface area (Å²) in [5.41, 5.74) is 1.50. The van der Waals surface area contributed by atoms with Crippen molar-refractivity contribution in [3.8, 4) is 0 Å². The molecule has 1 saturated carbocycles. The number of benzene rings is 1. The third kappa shape index (κ3) is 3.12. The Hall–Kier alpha value is -1.84. The molecule has 3 rings (SSSR count). The molecule has 1 N–H and O–H groups in total. The number of hydrogen-bond acceptors (Lipinski definition) is 2. The Morgan fingerprint density at radius 1 is 1.13 bits per heavy atom. The van der Waals surface area contributed by atoms with Gasteiger partial charge < -0.3 is 10.0 Å². The number of amides is 1. The van der Waals surface area contributed by atoms with Crippen LogP contribution in [-0.2, 0) is 16.1 Å². The SMILES string of the molecule is CC1(C(=O)N2Cc3ccccc3C(C(=O)O)C2)CCCCCC1. The van der Waals surface area contributed by atoms with Crippen LogP contribution in [0.2, 0.25) is 0 Å². The fraction of sp³-hybridized carbons (Fsp3) is 0.579. The highest BCUT2D eigenvalue weighted by molar-refractivity contribution is 5.85. The van der Waals surface area contributed by atoms with Crippen LogP contribution in [-0.4, -0.2) is 28.4 Å². The fourth-order valence-electron chi connectivity index (χ4n) is 4.08. The number of carboxylic acid groups (broad SMARTS) is 1. The number of aliphatic carboxylic acids is 1. The molecule has 4 heteroatoms. The summed E-state index contributed by atoms with van der Waals surface area (Å²) in [7, 11) is 0. The van der Waals surface area contributed by atoms with Crippen molar-refractivity contribution in [3.63, 3.8) is 0 Å². The lowest BCUT2D eigenvalue weighted by Crippen LogP contribution is -2.47. The maximum atomic E-state index is 13.1. The molecule has 1 aromatic carbocycles. The van der Waals surface area contributed by atoms with Gasteiger partial charge >= 0.3 is 5.97 Å². The van der Waals surface area contributed by atoms with E-state index in [1.165, 1.54) is 12.8 Å². The predicted molar refractivity (Wildman–Crippen MR) is 88.0 cm³/mol. The Bertz CT molecular complexity index is 602. The molecule has 1 aromatic rings. The number of carboxylic acids is 1. The van der Waals surface area contributed by atoms with Crippen LogP contribution >= 0.6 is 0 Å². The van der Waals surface area contributed by atoms with Gasteiger partial charge in [-0.2, -0.15) is 0 Å². The van der Waals surface area contributed by atoms with Gasteiger partial charge in [-0.05, 0) is 24.0 Å².